The number of halogens is 1. The van der Waals surface area contributed by atoms with Gasteiger partial charge in [-0.2, -0.15) is 5.26 Å². The molecular weight excluding hydrogens is 810 g/mol. The van der Waals surface area contributed by atoms with Crippen LogP contribution in [0.25, 0.3) is 33.2 Å². The second kappa shape index (κ2) is 21.0. The Morgan fingerprint density at radius 3 is 2.21 bits per heavy atom. The van der Waals surface area contributed by atoms with Crippen molar-refractivity contribution in [2.45, 2.75) is 72.1 Å². The molecule has 0 aliphatic rings. The van der Waals surface area contributed by atoms with Gasteiger partial charge in [0, 0.05) is 79.4 Å². The highest BCUT2D eigenvalue weighted by Gasteiger charge is 2.17. The summed E-state index contributed by atoms with van der Waals surface area (Å²) in [7, 11) is 0. The molecule has 13 nitrogen and oxygen atoms in total. The lowest BCUT2D eigenvalue weighted by molar-refractivity contribution is -0.140. The standard InChI is InChI=1S/C48H50ClN5O8/c1-29-26-54(13-12-51-24-37(55)17-47(57)58)44-11-10-34(15-42(29)44)39-7-5-9-41(31(39)3)40-8-4-6-35(30(40)2)28-62-46-19-45(61-27-33-14-32(20-50)21-52-22-33)36(16-43(46)49)23-53-25-38(56)18-48(59)60/h4-11,14-16,19,21-22,26,37-38,51,53,55-56H,12-13,17-18,23-25,27-28H2,1-3H3,(H,57,58)(H,59,60). The maximum Gasteiger partial charge on any atom is 0.306 e. The molecule has 6 N–H and O–H groups in total. The Labute approximate surface area is 365 Å². The average Bonchev–Trinajstić information content (AvgIpc) is 3.55. The van der Waals surface area contributed by atoms with Crippen LogP contribution in [0, 0.1) is 32.1 Å². The molecule has 0 bridgehead atoms. The predicted octanol–water partition coefficient (Wildman–Crippen LogP) is 7.33. The third kappa shape index (κ3) is 11.6. The number of hydrogen-bond acceptors (Lipinski definition) is 10. The number of aliphatic hydroxyl groups is 2. The van der Waals surface area contributed by atoms with Gasteiger partial charge in [0.15, 0.2) is 0 Å². The number of pyridine rings is 1. The van der Waals surface area contributed by atoms with Crippen LogP contribution in [0.3, 0.4) is 0 Å². The van der Waals surface area contributed by atoms with Gasteiger partial charge >= 0.3 is 11.9 Å². The second-order valence-electron chi connectivity index (χ2n) is 15.3. The van der Waals surface area contributed by atoms with E-state index in [-0.39, 0.29) is 39.3 Å². The van der Waals surface area contributed by atoms with Crippen LogP contribution in [0.2, 0.25) is 5.02 Å². The molecule has 0 aliphatic carbocycles. The molecule has 2 aromatic heterocycles. The van der Waals surface area contributed by atoms with E-state index in [9.17, 15) is 25.1 Å². The monoisotopic (exact) mass is 859 g/mol. The van der Waals surface area contributed by atoms with E-state index < -0.39 is 30.6 Å². The molecule has 0 spiro atoms. The minimum atomic E-state index is -1.10. The molecule has 0 radical (unpaired) electrons. The molecule has 4 aromatic carbocycles. The summed E-state index contributed by atoms with van der Waals surface area (Å²) in [4.78, 5) is 26.0. The fourth-order valence-electron chi connectivity index (χ4n) is 7.49. The molecule has 0 saturated carbocycles. The van der Waals surface area contributed by atoms with Gasteiger partial charge < -0.3 is 45.1 Å². The molecule has 2 unspecified atom stereocenters. The minimum absolute atomic E-state index is 0.0450. The van der Waals surface area contributed by atoms with E-state index in [0.29, 0.717) is 46.3 Å². The molecule has 0 amide bonds. The summed E-state index contributed by atoms with van der Waals surface area (Å²) in [6, 6.07) is 26.2. The summed E-state index contributed by atoms with van der Waals surface area (Å²) < 4.78 is 14.7. The van der Waals surface area contributed by atoms with E-state index in [0.717, 1.165) is 55.4 Å². The third-order valence-corrected chi connectivity index (χ3v) is 11.0. The zero-order valence-corrected chi connectivity index (χ0v) is 35.6. The Hall–Kier alpha value is -6.27. The number of nitrogens with one attached hydrogen (secondary N) is 2. The number of carbonyl (C=O) groups is 2. The van der Waals surface area contributed by atoms with Gasteiger partial charge in [0.25, 0.3) is 0 Å². The quantitative estimate of drug-likeness (QED) is 0.0395. The van der Waals surface area contributed by atoms with E-state index in [2.05, 4.69) is 95.7 Å². The highest BCUT2D eigenvalue weighted by atomic mass is 35.5. The summed E-state index contributed by atoms with van der Waals surface area (Å²) in [6.45, 7) is 8.37. The van der Waals surface area contributed by atoms with Gasteiger partial charge in [0.05, 0.1) is 35.6 Å². The smallest absolute Gasteiger partial charge is 0.306 e. The average molecular weight is 860 g/mol. The van der Waals surface area contributed by atoms with Gasteiger partial charge in [-0.3, -0.25) is 14.6 Å². The van der Waals surface area contributed by atoms with E-state index in [1.54, 1.807) is 24.4 Å². The fraction of sp³-hybridized carbons (Fsp3) is 0.292. The molecule has 14 heteroatoms. The molecule has 62 heavy (non-hydrogen) atoms. The molecule has 2 heterocycles. The van der Waals surface area contributed by atoms with Gasteiger partial charge in [-0.1, -0.05) is 54.1 Å². The zero-order chi connectivity index (χ0) is 44.3. The molecule has 0 saturated heterocycles. The molecule has 2 atom stereocenters. The normalized spacial score (nSPS) is 12.2. The number of aliphatic carboxylic acids is 2. The lowest BCUT2D eigenvalue weighted by atomic mass is 9.89. The number of nitriles is 1. The molecule has 6 rings (SSSR count). The number of carboxylic acid groups (broad SMARTS) is 2. The van der Waals surface area contributed by atoms with Gasteiger partial charge in [-0.15, -0.1) is 0 Å². The first-order valence-corrected chi connectivity index (χ1v) is 20.6. The van der Waals surface area contributed by atoms with Crippen molar-refractivity contribution < 1.29 is 39.5 Å². The second-order valence-corrected chi connectivity index (χ2v) is 15.7. The van der Waals surface area contributed by atoms with Crippen molar-refractivity contribution in [2.75, 3.05) is 19.6 Å². The van der Waals surface area contributed by atoms with Crippen molar-refractivity contribution in [3.8, 4) is 39.8 Å². The predicted molar refractivity (Wildman–Crippen MR) is 237 cm³/mol. The lowest BCUT2D eigenvalue weighted by Gasteiger charge is -2.18. The van der Waals surface area contributed by atoms with E-state index in [1.807, 2.05) is 12.1 Å². The van der Waals surface area contributed by atoms with Crippen LogP contribution in [-0.2, 0) is 35.9 Å². The first-order chi connectivity index (χ1) is 29.8. The number of aryl methyl sites for hydroxylation is 1. The summed E-state index contributed by atoms with van der Waals surface area (Å²) in [5.41, 5.74) is 11.5. The van der Waals surface area contributed by atoms with Gasteiger partial charge in [-0.25, -0.2) is 0 Å². The van der Waals surface area contributed by atoms with Crippen molar-refractivity contribution in [2.24, 2.45) is 0 Å². The first-order valence-electron chi connectivity index (χ1n) is 20.2. The Bertz CT molecular complexity index is 2600. The van der Waals surface area contributed by atoms with Crippen LogP contribution in [-0.4, -0.2) is 73.8 Å². The Morgan fingerprint density at radius 2 is 1.48 bits per heavy atom. The van der Waals surface area contributed by atoms with E-state index in [1.165, 1.54) is 6.20 Å². The van der Waals surface area contributed by atoms with Crippen LogP contribution in [0.15, 0.2) is 91.4 Å². The van der Waals surface area contributed by atoms with Crippen LogP contribution in [0.4, 0.5) is 0 Å². The van der Waals surface area contributed by atoms with Crippen molar-refractivity contribution in [1.82, 2.24) is 20.2 Å². The zero-order valence-electron chi connectivity index (χ0n) is 34.8. The highest BCUT2D eigenvalue weighted by molar-refractivity contribution is 6.32. The van der Waals surface area contributed by atoms with Crippen LogP contribution < -0.4 is 20.1 Å². The van der Waals surface area contributed by atoms with E-state index in [4.69, 9.17) is 31.3 Å². The number of hydrogen-bond donors (Lipinski definition) is 6. The fourth-order valence-corrected chi connectivity index (χ4v) is 7.73. The Kier molecular flexibility index (Phi) is 15.3. The molecule has 0 aliphatic heterocycles. The maximum absolute atomic E-state index is 11.0. The molecule has 6 aromatic rings. The number of aliphatic hydroxyl groups excluding tert-OH is 2. The van der Waals surface area contributed by atoms with Crippen molar-refractivity contribution in [3.05, 3.63) is 135 Å². The summed E-state index contributed by atoms with van der Waals surface area (Å²) in [5.74, 6) is -1.27. The Morgan fingerprint density at radius 1 is 0.806 bits per heavy atom. The Balaban J connectivity index is 1.19. The topological polar surface area (TPSA) is 199 Å². The summed E-state index contributed by atoms with van der Waals surface area (Å²) in [6.07, 6.45) is 2.51. The highest BCUT2D eigenvalue weighted by Crippen LogP contribution is 2.38. The molecule has 322 valence electrons. The number of carboxylic acids is 2. The van der Waals surface area contributed by atoms with Gasteiger partial charge in [0.2, 0.25) is 0 Å². The first kappa shape index (κ1) is 45.3. The number of fused-ring (bicyclic) bond motifs is 1. The van der Waals surface area contributed by atoms with Crippen molar-refractivity contribution in [1.29, 1.82) is 5.26 Å². The van der Waals surface area contributed by atoms with Crippen LogP contribution in [0.1, 0.15) is 51.8 Å². The minimum Gasteiger partial charge on any atom is -0.488 e. The molecular formula is C48H50ClN5O8. The number of ether oxygens (including phenoxy) is 2. The number of nitrogens with zero attached hydrogens (tertiary/aromatic N) is 3. The van der Waals surface area contributed by atoms with Crippen molar-refractivity contribution in [3.63, 3.8) is 0 Å². The van der Waals surface area contributed by atoms with Crippen LogP contribution >= 0.6 is 11.6 Å². The lowest BCUT2D eigenvalue weighted by Crippen LogP contribution is -2.30. The third-order valence-electron chi connectivity index (χ3n) is 10.7. The largest absolute Gasteiger partial charge is 0.488 e. The number of rotatable bonds is 21. The van der Waals surface area contributed by atoms with Gasteiger partial charge in [0.1, 0.15) is 30.8 Å². The van der Waals surface area contributed by atoms with E-state index >= 15 is 0 Å². The van der Waals surface area contributed by atoms with Gasteiger partial charge in [-0.05, 0) is 89.5 Å². The number of benzene rings is 4. The number of aromatic nitrogens is 2. The summed E-state index contributed by atoms with van der Waals surface area (Å²) >= 11 is 6.79. The summed E-state index contributed by atoms with van der Waals surface area (Å²) in [5, 5.41) is 54.9. The SMILES string of the molecule is Cc1c(COc2cc(OCc3cncc(C#N)c3)c(CNCC(O)CC(=O)O)cc2Cl)cccc1-c1cccc(-c2ccc3c(c2)c(C)cn3CCNCC(O)CC(=O)O)c1C. The van der Waals surface area contributed by atoms with Crippen molar-refractivity contribution >= 4 is 34.4 Å². The molecule has 0 fully saturated rings. The maximum atomic E-state index is 11.0. The van der Waals surface area contributed by atoms with Crippen LogP contribution in [0.5, 0.6) is 11.5 Å².